The third kappa shape index (κ3) is 4.05. The fourth-order valence-corrected chi connectivity index (χ4v) is 1.42. The van der Waals surface area contributed by atoms with Gasteiger partial charge in [0.2, 0.25) is 0 Å². The predicted molar refractivity (Wildman–Crippen MR) is 65.0 cm³/mol. The summed E-state index contributed by atoms with van der Waals surface area (Å²) in [5, 5.41) is 11.7. The van der Waals surface area contributed by atoms with Gasteiger partial charge in [-0.2, -0.15) is 0 Å². The number of benzene rings is 1. The van der Waals surface area contributed by atoms with Crippen LogP contribution in [0.4, 0.5) is 0 Å². The van der Waals surface area contributed by atoms with E-state index in [1.54, 1.807) is 7.11 Å². The molecule has 0 spiro atoms. The Morgan fingerprint density at radius 2 is 2.29 bits per heavy atom. The van der Waals surface area contributed by atoms with Gasteiger partial charge in [0, 0.05) is 12.6 Å². The summed E-state index contributed by atoms with van der Waals surface area (Å²) in [6, 6.07) is 6.75. The summed E-state index contributed by atoms with van der Waals surface area (Å²) in [6.07, 6.45) is 0. The van der Waals surface area contributed by atoms with Gasteiger partial charge >= 0.3 is 5.97 Å². The van der Waals surface area contributed by atoms with Crippen molar-refractivity contribution in [3.63, 3.8) is 0 Å². The summed E-state index contributed by atoms with van der Waals surface area (Å²) in [6.45, 7) is 2.18. The summed E-state index contributed by atoms with van der Waals surface area (Å²) in [7, 11) is 1.61. The molecule has 5 heteroatoms. The average molecular weight is 238 g/mol. The van der Waals surface area contributed by atoms with Gasteiger partial charge in [-0.15, -0.1) is 0 Å². The number of methoxy groups -OCH3 is 1. The van der Waals surface area contributed by atoms with E-state index in [0.717, 1.165) is 11.3 Å². The number of carboxylic acids is 1. The first kappa shape index (κ1) is 13.5. The fourth-order valence-electron chi connectivity index (χ4n) is 1.42. The highest BCUT2D eigenvalue weighted by Crippen LogP contribution is 2.18. The molecule has 0 amide bonds. The summed E-state index contributed by atoms with van der Waals surface area (Å²) >= 11 is 0. The summed E-state index contributed by atoms with van der Waals surface area (Å²) in [5.74, 6) is -0.228. The van der Waals surface area contributed by atoms with Crippen LogP contribution in [-0.2, 0) is 4.79 Å². The molecule has 1 rings (SSSR count). The maximum Gasteiger partial charge on any atom is 0.321 e. The summed E-state index contributed by atoms with van der Waals surface area (Å²) < 4.78 is 5.12. The molecule has 5 nitrogen and oxygen atoms in total. The van der Waals surface area contributed by atoms with Crippen LogP contribution in [0.15, 0.2) is 24.3 Å². The van der Waals surface area contributed by atoms with Crippen molar-refractivity contribution in [2.24, 2.45) is 5.73 Å². The van der Waals surface area contributed by atoms with Gasteiger partial charge in [0.15, 0.2) is 0 Å². The Labute approximate surface area is 101 Å². The Kier molecular flexibility index (Phi) is 4.93. The maximum absolute atomic E-state index is 10.6. The molecule has 94 valence electrons. The second-order valence-corrected chi connectivity index (χ2v) is 3.85. The number of hydrogen-bond donors (Lipinski definition) is 3. The third-order valence-corrected chi connectivity index (χ3v) is 2.55. The van der Waals surface area contributed by atoms with Crippen molar-refractivity contribution >= 4 is 5.97 Å². The first-order valence-corrected chi connectivity index (χ1v) is 5.40. The number of aliphatic carboxylic acids is 1. The standard InChI is InChI=1S/C12H18N2O3/c1-8(14-7-11(13)12(15)16)9-4-3-5-10(6-9)17-2/h3-6,8,11,14H,7,13H2,1-2H3,(H,15,16)/t8-,11?/m1/s1. The second-order valence-electron chi connectivity index (χ2n) is 3.85. The van der Waals surface area contributed by atoms with E-state index in [1.807, 2.05) is 31.2 Å². The molecule has 2 atom stereocenters. The molecule has 1 aromatic rings. The number of hydrogen-bond acceptors (Lipinski definition) is 4. The Balaban J connectivity index is 2.57. The van der Waals surface area contributed by atoms with Crippen LogP contribution in [0.2, 0.25) is 0 Å². The first-order chi connectivity index (χ1) is 8.04. The maximum atomic E-state index is 10.6. The van der Waals surface area contributed by atoms with Gasteiger partial charge in [-0.1, -0.05) is 12.1 Å². The zero-order valence-corrected chi connectivity index (χ0v) is 10.0. The fraction of sp³-hybridized carbons (Fsp3) is 0.417. The molecule has 1 unspecified atom stereocenters. The van der Waals surface area contributed by atoms with Crippen LogP contribution in [-0.4, -0.2) is 30.8 Å². The smallest absolute Gasteiger partial charge is 0.321 e. The average Bonchev–Trinajstić information content (AvgIpc) is 2.35. The van der Waals surface area contributed by atoms with Crippen molar-refractivity contribution in [3.05, 3.63) is 29.8 Å². The van der Waals surface area contributed by atoms with E-state index in [1.165, 1.54) is 0 Å². The number of ether oxygens (including phenoxy) is 1. The van der Waals surface area contributed by atoms with E-state index in [2.05, 4.69) is 5.32 Å². The molecule has 4 N–H and O–H groups in total. The Morgan fingerprint density at radius 1 is 1.59 bits per heavy atom. The quantitative estimate of drug-likeness (QED) is 0.681. The molecule has 0 aliphatic heterocycles. The van der Waals surface area contributed by atoms with Crippen molar-refractivity contribution in [2.75, 3.05) is 13.7 Å². The van der Waals surface area contributed by atoms with Gasteiger partial charge in [-0.3, -0.25) is 4.79 Å². The van der Waals surface area contributed by atoms with Crippen molar-refractivity contribution in [1.82, 2.24) is 5.32 Å². The molecule has 0 aromatic heterocycles. The SMILES string of the molecule is COc1cccc([C@@H](C)NCC(N)C(=O)O)c1. The van der Waals surface area contributed by atoms with E-state index < -0.39 is 12.0 Å². The minimum absolute atomic E-state index is 0.0236. The van der Waals surface area contributed by atoms with Crippen molar-refractivity contribution < 1.29 is 14.6 Å². The van der Waals surface area contributed by atoms with Gasteiger partial charge in [0.1, 0.15) is 11.8 Å². The highest BCUT2D eigenvalue weighted by Gasteiger charge is 2.13. The lowest BCUT2D eigenvalue weighted by atomic mass is 10.1. The minimum Gasteiger partial charge on any atom is -0.497 e. The van der Waals surface area contributed by atoms with Crippen LogP contribution in [0, 0.1) is 0 Å². The molecule has 0 heterocycles. The molecule has 0 bridgehead atoms. The van der Waals surface area contributed by atoms with E-state index in [9.17, 15) is 4.79 Å². The monoisotopic (exact) mass is 238 g/mol. The van der Waals surface area contributed by atoms with Crippen LogP contribution >= 0.6 is 0 Å². The lowest BCUT2D eigenvalue weighted by Gasteiger charge is -2.16. The summed E-state index contributed by atoms with van der Waals surface area (Å²) in [5.41, 5.74) is 6.44. The first-order valence-electron chi connectivity index (χ1n) is 5.40. The van der Waals surface area contributed by atoms with Crippen LogP contribution in [0.1, 0.15) is 18.5 Å². The molecular weight excluding hydrogens is 220 g/mol. The highest BCUT2D eigenvalue weighted by molar-refractivity contribution is 5.73. The number of nitrogens with one attached hydrogen (secondary N) is 1. The van der Waals surface area contributed by atoms with Gasteiger partial charge in [0.05, 0.1) is 7.11 Å². The van der Waals surface area contributed by atoms with Crippen molar-refractivity contribution in [2.45, 2.75) is 19.0 Å². The molecule has 0 aliphatic carbocycles. The lowest BCUT2D eigenvalue weighted by Crippen LogP contribution is -2.41. The van der Waals surface area contributed by atoms with E-state index >= 15 is 0 Å². The Bertz CT molecular complexity index is 382. The van der Waals surface area contributed by atoms with Crippen molar-refractivity contribution in [1.29, 1.82) is 0 Å². The number of rotatable bonds is 6. The molecule has 0 saturated heterocycles. The Hall–Kier alpha value is -1.59. The number of carbonyl (C=O) groups is 1. The third-order valence-electron chi connectivity index (χ3n) is 2.55. The largest absolute Gasteiger partial charge is 0.497 e. The molecule has 0 fully saturated rings. The van der Waals surface area contributed by atoms with Gasteiger partial charge in [-0.25, -0.2) is 0 Å². The minimum atomic E-state index is -1.00. The van der Waals surface area contributed by atoms with Crippen LogP contribution in [0.3, 0.4) is 0 Å². The topological polar surface area (TPSA) is 84.6 Å². The zero-order valence-electron chi connectivity index (χ0n) is 10.0. The number of carboxylic acid groups (broad SMARTS) is 1. The van der Waals surface area contributed by atoms with E-state index in [-0.39, 0.29) is 12.6 Å². The molecule has 0 saturated carbocycles. The van der Waals surface area contributed by atoms with Crippen LogP contribution in [0.25, 0.3) is 0 Å². The number of nitrogens with two attached hydrogens (primary N) is 1. The Morgan fingerprint density at radius 3 is 2.88 bits per heavy atom. The van der Waals surface area contributed by atoms with Crippen LogP contribution in [0.5, 0.6) is 5.75 Å². The lowest BCUT2D eigenvalue weighted by molar-refractivity contribution is -0.138. The van der Waals surface area contributed by atoms with Crippen LogP contribution < -0.4 is 15.8 Å². The molecule has 1 aromatic carbocycles. The second kappa shape index (κ2) is 6.22. The van der Waals surface area contributed by atoms with Gasteiger partial charge in [0.25, 0.3) is 0 Å². The van der Waals surface area contributed by atoms with Crippen molar-refractivity contribution in [3.8, 4) is 5.75 Å². The zero-order chi connectivity index (χ0) is 12.8. The van der Waals surface area contributed by atoms with E-state index in [4.69, 9.17) is 15.6 Å². The van der Waals surface area contributed by atoms with Gasteiger partial charge < -0.3 is 20.9 Å². The van der Waals surface area contributed by atoms with Gasteiger partial charge in [-0.05, 0) is 24.6 Å². The van der Waals surface area contributed by atoms with E-state index in [0.29, 0.717) is 0 Å². The molecule has 17 heavy (non-hydrogen) atoms. The normalized spacial score (nSPS) is 14.1. The molecule has 0 aliphatic rings. The highest BCUT2D eigenvalue weighted by atomic mass is 16.5. The predicted octanol–water partition coefficient (Wildman–Crippen LogP) is 0.758. The summed E-state index contributed by atoms with van der Waals surface area (Å²) in [4.78, 5) is 10.6. The molecular formula is C12H18N2O3. The molecule has 0 radical (unpaired) electrons.